The van der Waals surface area contributed by atoms with Crippen molar-refractivity contribution in [2.45, 2.75) is 5.22 Å². The molecule has 1 aromatic heterocycles. The number of carbonyl (C=O) groups excluding carboxylic acids is 2. The number of aromatic nitrogens is 1. The zero-order chi connectivity index (χ0) is 20.9. The van der Waals surface area contributed by atoms with Gasteiger partial charge in [0.05, 0.1) is 17.0 Å². The summed E-state index contributed by atoms with van der Waals surface area (Å²) in [5.41, 5.74) is 2.50. The van der Waals surface area contributed by atoms with Crippen LogP contribution in [0.15, 0.2) is 82.4 Å². The van der Waals surface area contributed by atoms with Gasteiger partial charge in [0.15, 0.2) is 5.58 Å². The molecular formula is C22H16FN3O3S. The summed E-state index contributed by atoms with van der Waals surface area (Å²) in [5.74, 6) is -1.04. The number of fused-ring (bicyclic) bond motifs is 1. The van der Waals surface area contributed by atoms with Crippen LogP contribution in [0.25, 0.3) is 11.1 Å². The number of amides is 2. The Balaban J connectivity index is 1.40. The van der Waals surface area contributed by atoms with Gasteiger partial charge in [0.25, 0.3) is 11.1 Å². The molecule has 0 aliphatic carbocycles. The number of carbonyl (C=O) groups is 2. The topological polar surface area (TPSA) is 84.2 Å². The largest absolute Gasteiger partial charge is 0.431 e. The first-order valence-electron chi connectivity index (χ1n) is 9.03. The van der Waals surface area contributed by atoms with E-state index in [1.807, 2.05) is 24.3 Å². The average Bonchev–Trinajstić information content (AvgIpc) is 3.17. The first-order valence-corrected chi connectivity index (χ1v) is 10.0. The number of para-hydroxylation sites is 3. The van der Waals surface area contributed by atoms with Gasteiger partial charge in [-0.2, -0.15) is 0 Å². The summed E-state index contributed by atoms with van der Waals surface area (Å²) in [7, 11) is 0. The number of oxazole rings is 1. The molecule has 4 aromatic rings. The third-order valence-electron chi connectivity index (χ3n) is 4.15. The van der Waals surface area contributed by atoms with Gasteiger partial charge in [-0.3, -0.25) is 9.59 Å². The molecule has 0 aliphatic rings. The number of hydrogen-bond acceptors (Lipinski definition) is 5. The number of benzene rings is 3. The molecule has 8 heteroatoms. The van der Waals surface area contributed by atoms with Crippen molar-refractivity contribution in [2.75, 3.05) is 16.4 Å². The molecule has 0 atom stereocenters. The highest BCUT2D eigenvalue weighted by Gasteiger charge is 2.15. The van der Waals surface area contributed by atoms with Gasteiger partial charge in [-0.05, 0) is 48.5 Å². The molecule has 2 amide bonds. The normalized spacial score (nSPS) is 10.7. The van der Waals surface area contributed by atoms with Gasteiger partial charge in [-0.1, -0.05) is 36.0 Å². The number of nitrogens with zero attached hydrogens (tertiary/aromatic N) is 1. The predicted molar refractivity (Wildman–Crippen MR) is 114 cm³/mol. The third kappa shape index (κ3) is 4.66. The predicted octanol–water partition coefficient (Wildman–Crippen LogP) is 4.95. The maximum atomic E-state index is 13.0. The highest BCUT2D eigenvalue weighted by atomic mass is 32.2. The van der Waals surface area contributed by atoms with Crippen molar-refractivity contribution in [3.05, 3.63) is 84.2 Å². The molecule has 0 saturated carbocycles. The second kappa shape index (κ2) is 8.79. The lowest BCUT2D eigenvalue weighted by molar-refractivity contribution is -0.113. The smallest absolute Gasteiger partial charge is 0.257 e. The quantitative estimate of drug-likeness (QED) is 0.431. The lowest BCUT2D eigenvalue weighted by Crippen LogP contribution is -2.19. The SMILES string of the molecule is O=C(CSc1nc2ccccc2o1)Nc1ccccc1C(=O)Nc1ccc(F)cc1. The first-order chi connectivity index (χ1) is 14.6. The Morgan fingerprint density at radius 2 is 1.67 bits per heavy atom. The Morgan fingerprint density at radius 1 is 0.933 bits per heavy atom. The van der Waals surface area contributed by atoms with Gasteiger partial charge in [0.1, 0.15) is 11.3 Å². The number of anilines is 2. The van der Waals surface area contributed by atoms with Crippen molar-refractivity contribution in [1.82, 2.24) is 4.98 Å². The lowest BCUT2D eigenvalue weighted by atomic mass is 10.1. The molecule has 0 spiro atoms. The van der Waals surface area contributed by atoms with E-state index < -0.39 is 11.7 Å². The summed E-state index contributed by atoms with van der Waals surface area (Å²) >= 11 is 1.17. The Hall–Kier alpha value is -3.65. The van der Waals surface area contributed by atoms with Crippen molar-refractivity contribution in [3.8, 4) is 0 Å². The van der Waals surface area contributed by atoms with Gasteiger partial charge in [-0.15, -0.1) is 0 Å². The molecule has 0 aliphatic heterocycles. The van der Waals surface area contributed by atoms with Gasteiger partial charge in [0, 0.05) is 5.69 Å². The molecule has 0 radical (unpaired) electrons. The molecule has 30 heavy (non-hydrogen) atoms. The summed E-state index contributed by atoms with van der Waals surface area (Å²) < 4.78 is 18.6. The summed E-state index contributed by atoms with van der Waals surface area (Å²) in [6.45, 7) is 0. The standard InChI is InChI=1S/C22H16FN3O3S/c23-14-9-11-15(12-10-14)24-21(28)16-5-1-2-6-17(16)25-20(27)13-30-22-26-18-7-3-4-8-19(18)29-22/h1-12H,13H2,(H,24,28)(H,25,27). The fourth-order valence-electron chi connectivity index (χ4n) is 2.75. The first kappa shape index (κ1) is 19.7. The molecule has 0 bridgehead atoms. The maximum absolute atomic E-state index is 13.0. The molecule has 2 N–H and O–H groups in total. The number of rotatable bonds is 6. The zero-order valence-electron chi connectivity index (χ0n) is 15.6. The molecular weight excluding hydrogens is 405 g/mol. The van der Waals surface area contributed by atoms with E-state index in [1.54, 1.807) is 24.3 Å². The Labute approximate surface area is 175 Å². The van der Waals surface area contributed by atoms with Crippen LogP contribution in [-0.4, -0.2) is 22.6 Å². The minimum absolute atomic E-state index is 0.0702. The third-order valence-corrected chi connectivity index (χ3v) is 4.98. The lowest BCUT2D eigenvalue weighted by Gasteiger charge is -2.11. The van der Waals surface area contributed by atoms with Crippen molar-refractivity contribution >= 4 is 46.1 Å². The van der Waals surface area contributed by atoms with E-state index in [0.717, 1.165) is 5.52 Å². The van der Waals surface area contributed by atoms with Crippen LogP contribution in [0.3, 0.4) is 0 Å². The Morgan fingerprint density at radius 3 is 2.47 bits per heavy atom. The summed E-state index contributed by atoms with van der Waals surface area (Å²) in [5, 5.41) is 5.82. The van der Waals surface area contributed by atoms with Crippen LogP contribution in [0.1, 0.15) is 10.4 Å². The summed E-state index contributed by atoms with van der Waals surface area (Å²) in [4.78, 5) is 29.3. The number of halogens is 1. The maximum Gasteiger partial charge on any atom is 0.257 e. The van der Waals surface area contributed by atoms with Crippen LogP contribution in [0.4, 0.5) is 15.8 Å². The average molecular weight is 421 g/mol. The van der Waals surface area contributed by atoms with Crippen LogP contribution >= 0.6 is 11.8 Å². The van der Waals surface area contributed by atoms with Gasteiger partial charge in [-0.25, -0.2) is 9.37 Å². The molecule has 0 fully saturated rings. The van der Waals surface area contributed by atoms with Crippen LogP contribution in [-0.2, 0) is 4.79 Å². The van der Waals surface area contributed by atoms with Crippen molar-refractivity contribution in [2.24, 2.45) is 0 Å². The zero-order valence-corrected chi connectivity index (χ0v) is 16.4. The number of nitrogens with one attached hydrogen (secondary N) is 2. The fourth-order valence-corrected chi connectivity index (χ4v) is 3.39. The monoisotopic (exact) mass is 421 g/mol. The van der Waals surface area contributed by atoms with E-state index in [2.05, 4.69) is 15.6 Å². The van der Waals surface area contributed by atoms with Crippen molar-refractivity contribution in [3.63, 3.8) is 0 Å². The molecule has 1 heterocycles. The van der Waals surface area contributed by atoms with Crippen molar-refractivity contribution in [1.29, 1.82) is 0 Å². The van der Waals surface area contributed by atoms with Gasteiger partial charge in [0.2, 0.25) is 5.91 Å². The Bertz CT molecular complexity index is 1170. The Kier molecular flexibility index (Phi) is 5.76. The fraction of sp³-hybridized carbons (Fsp3) is 0.0455. The summed E-state index contributed by atoms with van der Waals surface area (Å²) in [6.07, 6.45) is 0. The van der Waals surface area contributed by atoms with E-state index in [-0.39, 0.29) is 11.7 Å². The minimum atomic E-state index is -0.413. The molecule has 4 rings (SSSR count). The molecule has 0 unspecified atom stereocenters. The van der Waals surface area contributed by atoms with E-state index in [0.29, 0.717) is 27.7 Å². The van der Waals surface area contributed by atoms with E-state index in [9.17, 15) is 14.0 Å². The van der Waals surface area contributed by atoms with Crippen LogP contribution < -0.4 is 10.6 Å². The van der Waals surface area contributed by atoms with Crippen LogP contribution in [0.5, 0.6) is 0 Å². The molecule has 0 saturated heterocycles. The molecule has 150 valence electrons. The van der Waals surface area contributed by atoms with Crippen molar-refractivity contribution < 1.29 is 18.4 Å². The van der Waals surface area contributed by atoms with Gasteiger partial charge >= 0.3 is 0 Å². The number of hydrogen-bond donors (Lipinski definition) is 2. The second-order valence-corrected chi connectivity index (χ2v) is 7.22. The highest BCUT2D eigenvalue weighted by molar-refractivity contribution is 7.99. The molecule has 6 nitrogen and oxygen atoms in total. The van der Waals surface area contributed by atoms with E-state index in [1.165, 1.54) is 36.0 Å². The second-order valence-electron chi connectivity index (χ2n) is 6.29. The summed E-state index contributed by atoms with van der Waals surface area (Å²) in [6, 6.07) is 19.4. The van der Waals surface area contributed by atoms with Crippen LogP contribution in [0.2, 0.25) is 0 Å². The van der Waals surface area contributed by atoms with E-state index in [4.69, 9.17) is 4.42 Å². The van der Waals surface area contributed by atoms with Crippen LogP contribution in [0, 0.1) is 5.82 Å². The highest BCUT2D eigenvalue weighted by Crippen LogP contribution is 2.24. The molecule has 3 aromatic carbocycles. The number of thioether (sulfide) groups is 1. The van der Waals surface area contributed by atoms with E-state index >= 15 is 0 Å². The minimum Gasteiger partial charge on any atom is -0.431 e. The van der Waals surface area contributed by atoms with Gasteiger partial charge < -0.3 is 15.1 Å².